The third-order valence-electron chi connectivity index (χ3n) is 24.8. The number of carbonyl (C=O) groups excluding carboxylic acids is 7. The first kappa shape index (κ1) is 111. The molecule has 12 atom stereocenters. The zero-order valence-electron chi connectivity index (χ0n) is 72.0. The Hall–Kier alpha value is -11.3. The SMILES string of the molecule is C.C.C.C.C.C=CCOC(=O)[C@@H]1C[C@]2(C(C)Cc3cc(F)c(C)cc3F)OCOC2=CC1=O.C=CC[C@H]1C[C@]2([C@@H](C)Cc3cc(F)c(C)cc3F)OCOC2=CC1=O.CC(Cc1cc(F)c(N)cc1F)[C@]12CCC(=O)C=C1OCO2.Cc1cc(F)c(CC(C)[C@]23CCC(=O)C=C2OCO3)cc1F.Cc1cc(F)c(CC(C)[C@]23CCC(=O)C=C2OCO3)cc1F.[C-]#[N+]C(=O)OCC=C. The number of anilines is 1. The van der Waals surface area contributed by atoms with Crippen molar-refractivity contribution in [1.29, 1.82) is 0 Å². The highest BCUT2D eigenvalue weighted by Crippen LogP contribution is 2.51. The highest BCUT2D eigenvalue weighted by Gasteiger charge is 2.57. The van der Waals surface area contributed by atoms with Crippen LogP contribution in [0.15, 0.2) is 158 Å². The van der Waals surface area contributed by atoms with E-state index in [9.17, 15) is 77.5 Å². The summed E-state index contributed by atoms with van der Waals surface area (Å²) in [6, 6.07) is 11.8. The smallest absolute Gasteiger partial charge is 0.482 e. The summed E-state index contributed by atoms with van der Waals surface area (Å²) < 4.78 is 205. The van der Waals surface area contributed by atoms with Gasteiger partial charge in [0.1, 0.15) is 134 Å². The normalized spacial score (nSPS) is 23.4. The highest BCUT2D eigenvalue weighted by atomic mass is 19.2. The van der Waals surface area contributed by atoms with Crippen molar-refractivity contribution >= 4 is 46.7 Å². The van der Waals surface area contributed by atoms with Crippen molar-refractivity contribution in [2.45, 2.75) is 217 Å². The molecule has 2 N–H and O–H groups in total. The van der Waals surface area contributed by atoms with Crippen molar-refractivity contribution in [2.24, 2.45) is 41.4 Å². The minimum atomic E-state index is -1.08. The number of aryl methyl sites for hydroxylation is 4. The molecule has 0 bridgehead atoms. The lowest BCUT2D eigenvalue weighted by molar-refractivity contribution is -0.154. The summed E-state index contributed by atoms with van der Waals surface area (Å²) in [5, 5.41) is 0. The van der Waals surface area contributed by atoms with Gasteiger partial charge in [-0.15, -0.1) is 6.58 Å². The van der Waals surface area contributed by atoms with Gasteiger partial charge < -0.3 is 62.6 Å². The van der Waals surface area contributed by atoms with Crippen LogP contribution < -0.4 is 5.73 Å². The van der Waals surface area contributed by atoms with E-state index >= 15 is 0 Å². The molecule has 0 saturated carbocycles. The molecule has 5 aromatic rings. The predicted octanol–water partition coefficient (Wildman–Crippen LogP) is 21.6. The number of benzene rings is 5. The van der Waals surface area contributed by atoms with Gasteiger partial charge in [-0.05, 0) is 226 Å². The molecule has 21 nitrogen and oxygen atoms in total. The number of amides is 1. The Morgan fingerprint density at radius 1 is 0.409 bits per heavy atom. The quantitative estimate of drug-likeness (QED) is 0.0169. The maximum atomic E-state index is 14.3. The molecule has 5 fully saturated rings. The van der Waals surface area contributed by atoms with Crippen LogP contribution in [0.3, 0.4) is 0 Å². The van der Waals surface area contributed by atoms with Crippen LogP contribution in [0.5, 0.6) is 0 Å². The van der Waals surface area contributed by atoms with Crippen LogP contribution in [0.2, 0.25) is 0 Å². The predicted molar refractivity (Wildman–Crippen MR) is 475 cm³/mol. The van der Waals surface area contributed by atoms with Crippen LogP contribution in [-0.2, 0) is 118 Å². The molecule has 5 aromatic carbocycles. The number of halogens is 10. The fourth-order valence-electron chi connectivity index (χ4n) is 17.3. The van der Waals surface area contributed by atoms with Crippen LogP contribution in [0, 0.1) is 134 Å². The van der Waals surface area contributed by atoms with E-state index in [0.29, 0.717) is 116 Å². The number of hydrogen-bond acceptors (Lipinski definition) is 20. The van der Waals surface area contributed by atoms with Crippen molar-refractivity contribution < 1.29 is 134 Å². The molecule has 0 radical (unpaired) electrons. The summed E-state index contributed by atoms with van der Waals surface area (Å²) in [7, 11) is 0. The molecule has 5 heterocycles. The Labute approximate surface area is 766 Å². The molecule has 15 rings (SSSR count). The van der Waals surface area contributed by atoms with Gasteiger partial charge in [0.2, 0.25) is 0 Å². The van der Waals surface area contributed by atoms with Gasteiger partial charge in [0.25, 0.3) is 0 Å². The molecule has 31 heteroatoms. The van der Waals surface area contributed by atoms with Crippen LogP contribution >= 0.6 is 0 Å². The van der Waals surface area contributed by atoms with Crippen molar-refractivity contribution in [3.8, 4) is 0 Å². The minimum Gasteiger partial charge on any atom is -0.482 e. The van der Waals surface area contributed by atoms with E-state index in [4.69, 9.17) is 64.4 Å². The summed E-state index contributed by atoms with van der Waals surface area (Å²) in [4.78, 5) is 83.9. The van der Waals surface area contributed by atoms with Crippen molar-refractivity contribution in [3.05, 3.63) is 277 Å². The van der Waals surface area contributed by atoms with Crippen LogP contribution in [0.4, 0.5) is 54.4 Å². The summed E-state index contributed by atoms with van der Waals surface area (Å²) in [6.07, 6.45) is 15.8. The lowest BCUT2D eigenvalue weighted by Gasteiger charge is -2.38. The van der Waals surface area contributed by atoms with Gasteiger partial charge in [0.15, 0.2) is 62.9 Å². The lowest BCUT2D eigenvalue weighted by atomic mass is 9.71. The second kappa shape index (κ2) is 47.9. The molecule has 10 aliphatic rings. The Bertz CT molecular complexity index is 5020. The van der Waals surface area contributed by atoms with Gasteiger partial charge in [0.05, 0.1) is 12.3 Å². The average Bonchev–Trinajstić information content (AvgIpc) is 1.50. The highest BCUT2D eigenvalue weighted by molar-refractivity contribution is 6.06. The number of nitrogens with two attached hydrogens (primary N) is 1. The summed E-state index contributed by atoms with van der Waals surface area (Å²) >= 11 is 0. The van der Waals surface area contributed by atoms with Gasteiger partial charge in [-0.1, -0.05) is 103 Å². The van der Waals surface area contributed by atoms with Crippen LogP contribution in [0.1, 0.15) is 180 Å². The van der Waals surface area contributed by atoms with E-state index in [1.54, 1.807) is 13.0 Å². The number of esters is 1. The molecule has 5 aliphatic carbocycles. The number of nitrogen functional groups attached to an aromatic ring is 1. The number of hydrogen-bond donors (Lipinski definition) is 1. The van der Waals surface area contributed by atoms with Gasteiger partial charge in [-0.3, -0.25) is 33.6 Å². The fourth-order valence-corrected chi connectivity index (χ4v) is 17.3. The molecule has 0 spiro atoms. The zero-order valence-corrected chi connectivity index (χ0v) is 72.0. The Kier molecular flexibility index (Phi) is 40.3. The molecule has 0 aromatic heterocycles. The van der Waals surface area contributed by atoms with Gasteiger partial charge in [-0.2, -0.15) is 4.85 Å². The lowest BCUT2D eigenvalue weighted by Crippen LogP contribution is -2.47. The first-order valence-electron chi connectivity index (χ1n) is 41.4. The van der Waals surface area contributed by atoms with Crippen molar-refractivity contribution in [3.63, 3.8) is 0 Å². The molecule has 5 aliphatic heterocycles. The van der Waals surface area contributed by atoms with Crippen LogP contribution in [-0.4, -0.2) is 116 Å². The van der Waals surface area contributed by atoms with Crippen molar-refractivity contribution in [2.75, 3.05) is 52.9 Å². The monoisotopic (exact) mass is 1860 g/mol. The van der Waals surface area contributed by atoms with Crippen LogP contribution in [0.25, 0.3) is 4.85 Å². The molecule has 132 heavy (non-hydrogen) atoms. The number of nitrogens with zero attached hydrogens (tertiary/aromatic N) is 1. The van der Waals surface area contributed by atoms with Gasteiger partial charge >= 0.3 is 12.1 Å². The van der Waals surface area contributed by atoms with E-state index in [-0.39, 0.29) is 201 Å². The number of carbonyl (C=O) groups is 7. The third-order valence-corrected chi connectivity index (χ3v) is 24.8. The van der Waals surface area contributed by atoms with E-state index < -0.39 is 110 Å². The first-order chi connectivity index (χ1) is 60.2. The van der Waals surface area contributed by atoms with E-state index in [1.165, 1.54) is 113 Å². The fraction of sp³-hybridized carbons (Fsp3) is 0.465. The number of rotatable bonds is 22. The van der Waals surface area contributed by atoms with E-state index in [0.717, 1.165) is 18.2 Å². The average molecular weight is 1860 g/mol. The molecular formula is C101H122F10N2O19. The number of ether oxygens (including phenoxy) is 12. The second-order valence-corrected chi connectivity index (χ2v) is 33.1. The minimum absolute atomic E-state index is 0. The third kappa shape index (κ3) is 25.0. The summed E-state index contributed by atoms with van der Waals surface area (Å²) in [5.74, 6) is -5.76. The zero-order chi connectivity index (χ0) is 92.8. The number of ketones is 5. The molecule has 4 unspecified atom stereocenters. The molecule has 5 saturated heterocycles. The maximum Gasteiger partial charge on any atom is 0.561 e. The van der Waals surface area contributed by atoms with E-state index in [1.807, 2.05) is 27.7 Å². The Balaban J connectivity index is 0.000000284. The maximum absolute atomic E-state index is 14.3. The van der Waals surface area contributed by atoms with Gasteiger partial charge in [-0.25, -0.2) is 43.9 Å². The summed E-state index contributed by atoms with van der Waals surface area (Å²) in [6.45, 7) is 32.4. The Morgan fingerprint density at radius 2 is 0.689 bits per heavy atom. The topological polar surface area (TPSA) is 261 Å². The molecule has 1 amide bonds. The number of fused-ring (bicyclic) bond motifs is 5. The van der Waals surface area contributed by atoms with Crippen molar-refractivity contribution in [1.82, 2.24) is 0 Å². The second-order valence-electron chi connectivity index (χ2n) is 33.1. The van der Waals surface area contributed by atoms with Gasteiger partial charge in [0, 0.05) is 68.0 Å². The molecular weight excluding hydrogens is 1740 g/mol. The largest absolute Gasteiger partial charge is 0.561 e. The standard InChI is InChI=1S/C21H22F2O5.C20H22F2O3.2C17H18F2O3.C16H17F2NO3.C5H5NO2.5CH4/c1-4-5-26-20(25)15-10-21(19(9-18(15)24)27-11-28-21)13(3)7-14-8-16(22)12(2)6-17(14)23;1-4-5-14-10-20(19(9-18(14)23)24-11-25-20)13(3)7-15-8-16(21)12(2)6-17(15)22;2*1-10-5-15(19)12(7-14(10)18)6-11(2)17-4-3-13(20)8-16(17)21-9-22-17;1-9(4-10-5-13(18)14(19)7-12(10)17)16-3-2-11(20)6-15(16)21-8-22-16;1-3-4-8-5(7)6-2;;;;;/h4,6,8-9,13,15H,1,5,7,10-11H2,2-3H3;4,6,8-9,13-14H,1,5,7,10-11H2,2-3H3;2*5,7-8,11H,3-4,6,9H2,1-2H3;5-7,9H,2-4,8,19H2,1H3;3H,1,4H2;5*1H4/t13?,15-,21-;13-,14-,20+;2*11?,17-;9?,16-;;;;;;/m10111....../s1. The first-order valence-corrected chi connectivity index (χ1v) is 41.4. The van der Waals surface area contributed by atoms with E-state index in [2.05, 4.69) is 29.3 Å². The number of allylic oxidation sites excluding steroid dienone is 6. The molecule has 720 valence electrons. The summed E-state index contributed by atoms with van der Waals surface area (Å²) in [5.41, 5.74) is 3.58. The Morgan fingerprint density at radius 3 is 1.01 bits per heavy atom.